The van der Waals surface area contributed by atoms with Gasteiger partial charge in [-0.05, 0) is 32.2 Å². The van der Waals surface area contributed by atoms with Crippen molar-refractivity contribution in [3.63, 3.8) is 0 Å². The molecule has 2 aliphatic heterocycles. The van der Waals surface area contributed by atoms with Crippen LogP contribution in [0.15, 0.2) is 0 Å². The van der Waals surface area contributed by atoms with Crippen LogP contribution in [0.25, 0.3) is 0 Å². The summed E-state index contributed by atoms with van der Waals surface area (Å²) in [5.74, 6) is 0. The Kier molecular flexibility index (Phi) is 4.36. The fourth-order valence-electron chi connectivity index (χ4n) is 3.96. The Hall–Kier alpha value is -0.170. The van der Waals surface area contributed by atoms with Gasteiger partial charge in [0.15, 0.2) is 9.84 Å². The van der Waals surface area contributed by atoms with Crippen molar-refractivity contribution in [2.24, 2.45) is 0 Å². The van der Waals surface area contributed by atoms with Gasteiger partial charge in [-0.15, -0.1) is 0 Å². The molecule has 0 aromatic rings. The van der Waals surface area contributed by atoms with Gasteiger partial charge >= 0.3 is 0 Å². The zero-order valence-electron chi connectivity index (χ0n) is 12.3. The van der Waals surface area contributed by atoms with Crippen molar-refractivity contribution in [3.8, 4) is 0 Å². The lowest BCUT2D eigenvalue weighted by Gasteiger charge is -2.36. The van der Waals surface area contributed by atoms with Crippen LogP contribution in [0.2, 0.25) is 0 Å². The van der Waals surface area contributed by atoms with Gasteiger partial charge in [0.1, 0.15) is 0 Å². The molecule has 2 heterocycles. The molecule has 0 bridgehead atoms. The molecule has 3 rings (SSSR count). The summed E-state index contributed by atoms with van der Waals surface area (Å²) in [4.78, 5) is 2.53. The van der Waals surface area contributed by atoms with Crippen LogP contribution < -0.4 is 5.32 Å². The Morgan fingerprint density at radius 1 is 1.25 bits per heavy atom. The molecule has 0 spiro atoms. The number of rotatable bonds is 4. The van der Waals surface area contributed by atoms with Gasteiger partial charge < -0.3 is 10.1 Å². The summed E-state index contributed by atoms with van der Waals surface area (Å²) in [6, 6.07) is 0.742. The Morgan fingerprint density at radius 3 is 2.90 bits per heavy atom. The maximum atomic E-state index is 11.8. The molecule has 3 aliphatic rings. The number of sulfone groups is 1. The lowest BCUT2D eigenvalue weighted by atomic mass is 10.1. The first-order valence-electron chi connectivity index (χ1n) is 7.82. The highest BCUT2D eigenvalue weighted by atomic mass is 32.2. The third-order valence-electron chi connectivity index (χ3n) is 5.07. The first-order chi connectivity index (χ1) is 9.54. The average molecular weight is 302 g/mol. The van der Waals surface area contributed by atoms with E-state index in [1.54, 1.807) is 0 Å². The summed E-state index contributed by atoms with van der Waals surface area (Å²) >= 11 is 0. The largest absolute Gasteiger partial charge is 0.374 e. The molecular weight excluding hydrogens is 276 g/mol. The van der Waals surface area contributed by atoms with E-state index in [-0.39, 0.29) is 17.4 Å². The van der Waals surface area contributed by atoms with E-state index in [9.17, 15) is 8.42 Å². The van der Waals surface area contributed by atoms with Crippen molar-refractivity contribution in [3.05, 3.63) is 0 Å². The number of hydrogen-bond acceptors (Lipinski definition) is 5. The molecule has 1 saturated carbocycles. The first kappa shape index (κ1) is 14.8. The Bertz CT molecular complexity index is 440. The van der Waals surface area contributed by atoms with E-state index < -0.39 is 9.84 Å². The van der Waals surface area contributed by atoms with E-state index in [2.05, 4.69) is 10.2 Å². The fourth-order valence-corrected chi connectivity index (χ4v) is 5.39. The summed E-state index contributed by atoms with van der Waals surface area (Å²) in [7, 11) is -2.93. The maximum absolute atomic E-state index is 11.8. The van der Waals surface area contributed by atoms with Gasteiger partial charge in [0.2, 0.25) is 0 Å². The van der Waals surface area contributed by atoms with Crippen molar-refractivity contribution >= 4 is 9.84 Å². The predicted molar refractivity (Wildman–Crippen MR) is 78.6 cm³/mol. The molecule has 0 aromatic carbocycles. The smallest absolute Gasteiger partial charge is 0.151 e. The van der Waals surface area contributed by atoms with Gasteiger partial charge in [-0.25, -0.2) is 8.42 Å². The zero-order valence-corrected chi connectivity index (χ0v) is 13.1. The molecule has 4 atom stereocenters. The van der Waals surface area contributed by atoms with Crippen molar-refractivity contribution in [2.75, 3.05) is 32.5 Å². The molecule has 2 saturated heterocycles. The monoisotopic (exact) mass is 302 g/mol. The van der Waals surface area contributed by atoms with Crippen LogP contribution in [-0.4, -0.2) is 69.3 Å². The molecule has 6 heteroatoms. The van der Waals surface area contributed by atoms with Gasteiger partial charge in [-0.2, -0.15) is 0 Å². The molecule has 116 valence electrons. The Morgan fingerprint density at radius 2 is 2.10 bits per heavy atom. The lowest BCUT2D eigenvalue weighted by Crippen LogP contribution is -2.51. The second-order valence-corrected chi connectivity index (χ2v) is 8.82. The molecule has 0 radical (unpaired) electrons. The minimum absolute atomic E-state index is 0.116. The van der Waals surface area contributed by atoms with E-state index in [0.717, 1.165) is 39.0 Å². The average Bonchev–Trinajstić information content (AvgIpc) is 3.03. The third-order valence-corrected chi connectivity index (χ3v) is 6.74. The normalized spacial score (nSPS) is 39.0. The van der Waals surface area contributed by atoms with Crippen molar-refractivity contribution in [1.29, 1.82) is 0 Å². The van der Waals surface area contributed by atoms with E-state index in [1.807, 2.05) is 0 Å². The summed E-state index contributed by atoms with van der Waals surface area (Å²) in [6.07, 6.45) is 6.91. The highest BCUT2D eigenvalue weighted by molar-refractivity contribution is 7.91. The first-order valence-corrected chi connectivity index (χ1v) is 9.77. The maximum Gasteiger partial charge on any atom is 0.151 e. The molecule has 1 aliphatic carbocycles. The second-order valence-electron chi connectivity index (χ2n) is 6.56. The molecule has 4 unspecified atom stereocenters. The number of nitrogens with one attached hydrogen (secondary N) is 1. The van der Waals surface area contributed by atoms with E-state index >= 15 is 0 Å². The Labute approximate surface area is 122 Å². The quantitative estimate of drug-likeness (QED) is 0.815. The standard InChI is InChI=1S/C14H26N2O3S/c1-20(17,18)14-6-2-5-13(14)15-8-12-9-16-7-3-4-11(16)10-19-12/h11-15H,2-10H2,1H3. The van der Waals surface area contributed by atoms with E-state index in [1.165, 1.54) is 25.6 Å². The van der Waals surface area contributed by atoms with Gasteiger partial charge in [0.25, 0.3) is 0 Å². The Balaban J connectivity index is 1.49. The fraction of sp³-hybridized carbons (Fsp3) is 1.00. The van der Waals surface area contributed by atoms with Crippen LogP contribution in [0.5, 0.6) is 0 Å². The number of fused-ring (bicyclic) bond motifs is 1. The summed E-state index contributed by atoms with van der Waals surface area (Å²) in [6.45, 7) is 3.81. The van der Waals surface area contributed by atoms with Crippen molar-refractivity contribution in [2.45, 2.75) is 55.5 Å². The molecule has 0 aromatic heterocycles. The van der Waals surface area contributed by atoms with Crippen LogP contribution in [0.4, 0.5) is 0 Å². The number of morpholine rings is 1. The minimum atomic E-state index is -2.93. The number of ether oxygens (including phenoxy) is 1. The molecular formula is C14H26N2O3S. The summed E-state index contributed by atoms with van der Waals surface area (Å²) < 4.78 is 29.4. The lowest BCUT2D eigenvalue weighted by molar-refractivity contribution is -0.0477. The van der Waals surface area contributed by atoms with Crippen LogP contribution >= 0.6 is 0 Å². The SMILES string of the molecule is CS(=O)(=O)C1CCCC1NCC1CN2CCCC2CO1. The highest BCUT2D eigenvalue weighted by Crippen LogP contribution is 2.26. The van der Waals surface area contributed by atoms with Crippen LogP contribution in [0.3, 0.4) is 0 Å². The number of hydrogen-bond donors (Lipinski definition) is 1. The van der Waals surface area contributed by atoms with Gasteiger partial charge in [0.05, 0.1) is 18.0 Å². The molecule has 3 fully saturated rings. The van der Waals surface area contributed by atoms with Crippen LogP contribution in [-0.2, 0) is 14.6 Å². The van der Waals surface area contributed by atoms with Crippen molar-refractivity contribution < 1.29 is 13.2 Å². The minimum Gasteiger partial charge on any atom is -0.374 e. The topological polar surface area (TPSA) is 58.6 Å². The molecule has 20 heavy (non-hydrogen) atoms. The number of nitrogens with zero attached hydrogens (tertiary/aromatic N) is 1. The molecule has 0 amide bonds. The van der Waals surface area contributed by atoms with Gasteiger partial charge in [-0.1, -0.05) is 6.42 Å². The highest BCUT2D eigenvalue weighted by Gasteiger charge is 2.36. The molecule has 5 nitrogen and oxygen atoms in total. The predicted octanol–water partition coefficient (Wildman–Crippen LogP) is 0.405. The van der Waals surface area contributed by atoms with Gasteiger partial charge in [-0.3, -0.25) is 4.90 Å². The van der Waals surface area contributed by atoms with Crippen LogP contribution in [0, 0.1) is 0 Å². The van der Waals surface area contributed by atoms with E-state index in [0.29, 0.717) is 6.04 Å². The summed E-state index contributed by atoms with van der Waals surface area (Å²) in [5.41, 5.74) is 0. The van der Waals surface area contributed by atoms with Crippen molar-refractivity contribution in [1.82, 2.24) is 10.2 Å². The second kappa shape index (κ2) is 5.91. The zero-order chi connectivity index (χ0) is 14.2. The summed E-state index contributed by atoms with van der Waals surface area (Å²) in [5, 5.41) is 3.25. The van der Waals surface area contributed by atoms with Crippen LogP contribution in [0.1, 0.15) is 32.1 Å². The molecule has 1 N–H and O–H groups in total. The third kappa shape index (κ3) is 3.18. The van der Waals surface area contributed by atoms with Gasteiger partial charge in [0, 0.05) is 31.4 Å². The van der Waals surface area contributed by atoms with E-state index in [4.69, 9.17) is 4.74 Å².